The number of carbonyl (C=O) groups is 1. The van der Waals surface area contributed by atoms with Crippen molar-refractivity contribution in [3.05, 3.63) is 83.9 Å². The van der Waals surface area contributed by atoms with E-state index in [1.165, 1.54) is 24.3 Å². The van der Waals surface area contributed by atoms with Crippen LogP contribution in [0.15, 0.2) is 66.9 Å². The molecule has 1 heterocycles. The van der Waals surface area contributed by atoms with Crippen LogP contribution < -0.4 is 0 Å². The summed E-state index contributed by atoms with van der Waals surface area (Å²) in [5.41, 5.74) is 1.69. The lowest BCUT2D eigenvalue weighted by Crippen LogP contribution is -2.09. The van der Waals surface area contributed by atoms with Gasteiger partial charge in [-0.15, -0.1) is 0 Å². The van der Waals surface area contributed by atoms with Crippen molar-refractivity contribution in [2.75, 3.05) is 0 Å². The van der Waals surface area contributed by atoms with Gasteiger partial charge in [0, 0.05) is 5.56 Å². The normalized spacial score (nSPS) is 10.4. The van der Waals surface area contributed by atoms with E-state index in [0.29, 0.717) is 11.3 Å². The highest BCUT2D eigenvalue weighted by atomic mass is 19.1. The lowest BCUT2D eigenvalue weighted by atomic mass is 10.1. The van der Waals surface area contributed by atoms with E-state index in [1.54, 1.807) is 16.9 Å². The van der Waals surface area contributed by atoms with Crippen molar-refractivity contribution >= 4 is 5.78 Å². The molecule has 0 saturated heterocycles. The molecule has 4 heteroatoms. The fourth-order valence-corrected chi connectivity index (χ4v) is 2.00. The van der Waals surface area contributed by atoms with E-state index in [0.717, 1.165) is 5.69 Å². The Labute approximate surface area is 115 Å². The summed E-state index contributed by atoms with van der Waals surface area (Å²) in [6, 6.07) is 16.5. The first-order valence-electron chi connectivity index (χ1n) is 6.15. The fraction of sp³-hybridized carbons (Fsp3) is 0. The molecule has 3 rings (SSSR count). The van der Waals surface area contributed by atoms with Gasteiger partial charge in [-0.2, -0.15) is 5.10 Å². The van der Waals surface area contributed by atoms with Gasteiger partial charge in [-0.05, 0) is 42.5 Å². The third kappa shape index (κ3) is 2.23. The minimum atomic E-state index is -0.363. The van der Waals surface area contributed by atoms with E-state index in [4.69, 9.17) is 0 Å². The molecule has 0 amide bonds. The zero-order valence-electron chi connectivity index (χ0n) is 10.5. The lowest BCUT2D eigenvalue weighted by molar-refractivity contribution is 0.103. The van der Waals surface area contributed by atoms with Crippen LogP contribution in [0.1, 0.15) is 16.1 Å². The van der Waals surface area contributed by atoms with Gasteiger partial charge in [0.2, 0.25) is 5.78 Å². The van der Waals surface area contributed by atoms with Gasteiger partial charge in [0.1, 0.15) is 11.5 Å². The molecule has 1 aromatic heterocycles. The number of rotatable bonds is 3. The largest absolute Gasteiger partial charge is 0.287 e. The summed E-state index contributed by atoms with van der Waals surface area (Å²) in [5.74, 6) is -0.551. The van der Waals surface area contributed by atoms with Crippen LogP contribution in [0.25, 0.3) is 5.69 Å². The van der Waals surface area contributed by atoms with Crippen LogP contribution in [0.4, 0.5) is 4.39 Å². The Balaban J connectivity index is 2.02. The number of aromatic nitrogens is 2. The van der Waals surface area contributed by atoms with Crippen LogP contribution in [-0.2, 0) is 0 Å². The maximum Gasteiger partial charge on any atom is 0.211 e. The number of ketones is 1. The maximum atomic E-state index is 12.9. The molecule has 3 aromatic rings. The average molecular weight is 266 g/mol. The first-order valence-corrected chi connectivity index (χ1v) is 6.15. The van der Waals surface area contributed by atoms with Gasteiger partial charge < -0.3 is 0 Å². The zero-order valence-corrected chi connectivity index (χ0v) is 10.5. The standard InChI is InChI=1S/C16H11FN2O/c17-13-8-6-12(7-9-13)16(20)15-10-11-18-19(15)14-4-2-1-3-5-14/h1-11H. The number of hydrogen-bond donors (Lipinski definition) is 0. The summed E-state index contributed by atoms with van der Waals surface area (Å²) in [4.78, 5) is 12.4. The second kappa shape index (κ2) is 5.09. The van der Waals surface area contributed by atoms with Crippen LogP contribution in [0.5, 0.6) is 0 Å². The second-order valence-corrected chi connectivity index (χ2v) is 4.30. The molecule has 0 spiro atoms. The SMILES string of the molecule is O=C(c1ccc(F)cc1)c1ccnn1-c1ccccc1. The molecule has 20 heavy (non-hydrogen) atoms. The molecule has 0 aliphatic carbocycles. The number of nitrogens with zero attached hydrogens (tertiary/aromatic N) is 2. The van der Waals surface area contributed by atoms with Crippen molar-refractivity contribution in [1.29, 1.82) is 0 Å². The van der Waals surface area contributed by atoms with Crippen molar-refractivity contribution in [3.63, 3.8) is 0 Å². The Morgan fingerprint density at radius 2 is 1.65 bits per heavy atom. The van der Waals surface area contributed by atoms with Crippen LogP contribution >= 0.6 is 0 Å². The molecule has 0 atom stereocenters. The lowest BCUT2D eigenvalue weighted by Gasteiger charge is -2.06. The Kier molecular flexibility index (Phi) is 3.13. The predicted octanol–water partition coefficient (Wildman–Crippen LogP) is 3.24. The number of halogens is 1. The summed E-state index contributed by atoms with van der Waals surface area (Å²) in [5, 5.41) is 4.17. The third-order valence-corrected chi connectivity index (χ3v) is 2.98. The van der Waals surface area contributed by atoms with Gasteiger partial charge in [0.05, 0.1) is 11.9 Å². The highest BCUT2D eigenvalue weighted by Gasteiger charge is 2.15. The summed E-state index contributed by atoms with van der Waals surface area (Å²) < 4.78 is 14.5. The molecule has 0 bridgehead atoms. The molecule has 2 aromatic carbocycles. The Bertz CT molecular complexity index is 733. The maximum absolute atomic E-state index is 12.9. The molecule has 98 valence electrons. The first-order chi connectivity index (χ1) is 9.75. The van der Waals surface area contributed by atoms with E-state index in [2.05, 4.69) is 5.10 Å². The third-order valence-electron chi connectivity index (χ3n) is 2.98. The highest BCUT2D eigenvalue weighted by Crippen LogP contribution is 2.14. The molecule has 0 aliphatic rings. The minimum Gasteiger partial charge on any atom is -0.287 e. The van der Waals surface area contributed by atoms with E-state index < -0.39 is 0 Å². The topological polar surface area (TPSA) is 34.9 Å². The van der Waals surface area contributed by atoms with Crippen LogP contribution in [0.3, 0.4) is 0 Å². The van der Waals surface area contributed by atoms with Gasteiger partial charge in [0.25, 0.3) is 0 Å². The number of benzene rings is 2. The fourth-order valence-electron chi connectivity index (χ4n) is 2.00. The van der Waals surface area contributed by atoms with E-state index in [1.807, 2.05) is 30.3 Å². The quantitative estimate of drug-likeness (QED) is 0.682. The number of carbonyl (C=O) groups excluding carboxylic acids is 1. The molecule has 0 saturated carbocycles. The molecule has 0 radical (unpaired) electrons. The first kappa shape index (κ1) is 12.3. The Hall–Kier alpha value is -2.75. The molecule has 0 unspecified atom stereocenters. The van der Waals surface area contributed by atoms with Crippen LogP contribution in [-0.4, -0.2) is 15.6 Å². The molecule has 0 fully saturated rings. The average Bonchev–Trinajstić information content (AvgIpc) is 2.97. The van der Waals surface area contributed by atoms with E-state index in [-0.39, 0.29) is 11.6 Å². The van der Waals surface area contributed by atoms with Crippen LogP contribution in [0, 0.1) is 5.82 Å². The number of para-hydroxylation sites is 1. The minimum absolute atomic E-state index is 0.189. The monoisotopic (exact) mass is 266 g/mol. The van der Waals surface area contributed by atoms with Crippen molar-refractivity contribution in [2.24, 2.45) is 0 Å². The molecule has 3 nitrogen and oxygen atoms in total. The molecule has 0 N–H and O–H groups in total. The van der Waals surface area contributed by atoms with Crippen LogP contribution in [0.2, 0.25) is 0 Å². The summed E-state index contributed by atoms with van der Waals surface area (Å²) in [6.07, 6.45) is 1.57. The summed E-state index contributed by atoms with van der Waals surface area (Å²) in [6.45, 7) is 0. The Morgan fingerprint density at radius 3 is 2.35 bits per heavy atom. The molecular weight excluding hydrogens is 255 g/mol. The second-order valence-electron chi connectivity index (χ2n) is 4.30. The van der Waals surface area contributed by atoms with Crippen molar-refractivity contribution < 1.29 is 9.18 Å². The van der Waals surface area contributed by atoms with Crippen molar-refractivity contribution in [3.8, 4) is 5.69 Å². The Morgan fingerprint density at radius 1 is 0.950 bits per heavy atom. The molecule has 0 aliphatic heterocycles. The zero-order chi connectivity index (χ0) is 13.9. The van der Waals surface area contributed by atoms with Gasteiger partial charge in [-0.3, -0.25) is 4.79 Å². The smallest absolute Gasteiger partial charge is 0.211 e. The van der Waals surface area contributed by atoms with E-state index in [9.17, 15) is 9.18 Å². The predicted molar refractivity (Wildman–Crippen MR) is 73.4 cm³/mol. The van der Waals surface area contributed by atoms with Gasteiger partial charge >= 0.3 is 0 Å². The highest BCUT2D eigenvalue weighted by molar-refractivity contribution is 6.08. The molecular formula is C16H11FN2O. The van der Waals surface area contributed by atoms with Gasteiger partial charge in [-0.25, -0.2) is 9.07 Å². The summed E-state index contributed by atoms with van der Waals surface area (Å²) >= 11 is 0. The van der Waals surface area contributed by atoms with Gasteiger partial charge in [0.15, 0.2) is 0 Å². The number of hydrogen-bond acceptors (Lipinski definition) is 2. The van der Waals surface area contributed by atoms with E-state index >= 15 is 0 Å². The van der Waals surface area contributed by atoms with Crippen molar-refractivity contribution in [1.82, 2.24) is 9.78 Å². The summed E-state index contributed by atoms with van der Waals surface area (Å²) in [7, 11) is 0. The van der Waals surface area contributed by atoms with Crippen molar-refractivity contribution in [2.45, 2.75) is 0 Å². The van der Waals surface area contributed by atoms with Gasteiger partial charge in [-0.1, -0.05) is 18.2 Å².